The van der Waals surface area contributed by atoms with E-state index in [4.69, 9.17) is 0 Å². The van der Waals surface area contributed by atoms with Gasteiger partial charge in [0.15, 0.2) is 0 Å². The van der Waals surface area contributed by atoms with Gasteiger partial charge in [0.25, 0.3) is 0 Å². The van der Waals surface area contributed by atoms with Crippen LogP contribution < -0.4 is 0 Å². The lowest BCUT2D eigenvalue weighted by atomic mass is 9.89. The summed E-state index contributed by atoms with van der Waals surface area (Å²) in [5.74, 6) is -0.766. The first-order chi connectivity index (χ1) is 8.75. The molecule has 3 rings (SSSR count). The van der Waals surface area contributed by atoms with Gasteiger partial charge < -0.3 is 5.11 Å². The summed E-state index contributed by atoms with van der Waals surface area (Å²) in [6.07, 6.45) is 5.77. The van der Waals surface area contributed by atoms with E-state index >= 15 is 0 Å². The van der Waals surface area contributed by atoms with Crippen molar-refractivity contribution in [3.8, 4) is 0 Å². The van der Waals surface area contributed by atoms with E-state index in [9.17, 15) is 9.90 Å². The lowest BCUT2D eigenvalue weighted by Crippen LogP contribution is -2.34. The largest absolute Gasteiger partial charge is 0.481 e. The van der Waals surface area contributed by atoms with Crippen LogP contribution >= 0.6 is 0 Å². The Hall–Kier alpha value is -1.42. The average molecular weight is 246 g/mol. The average Bonchev–Trinajstić information content (AvgIpc) is 2.94. The van der Waals surface area contributed by atoms with Gasteiger partial charge >= 0.3 is 5.97 Å². The number of carboxylic acid groups (broad SMARTS) is 1. The first-order valence-corrected chi connectivity index (χ1v) is 6.64. The maximum Gasteiger partial charge on any atom is 0.308 e. The van der Waals surface area contributed by atoms with Crippen LogP contribution in [0.15, 0.2) is 24.4 Å². The van der Waals surface area contributed by atoms with Gasteiger partial charge in [-0.1, -0.05) is 6.07 Å². The molecule has 0 spiro atoms. The molecule has 0 aromatic carbocycles. The Kier molecular flexibility index (Phi) is 3.04. The summed E-state index contributed by atoms with van der Waals surface area (Å²) in [5.41, 5.74) is 1.09. The van der Waals surface area contributed by atoms with Crippen molar-refractivity contribution in [2.45, 2.75) is 37.8 Å². The third-order valence-corrected chi connectivity index (χ3v) is 4.35. The van der Waals surface area contributed by atoms with Crippen molar-refractivity contribution in [1.29, 1.82) is 0 Å². The quantitative estimate of drug-likeness (QED) is 0.876. The maximum atomic E-state index is 11.2. The second-order valence-electron chi connectivity index (χ2n) is 5.29. The van der Waals surface area contributed by atoms with Crippen molar-refractivity contribution in [2.75, 3.05) is 6.54 Å². The summed E-state index contributed by atoms with van der Waals surface area (Å²) >= 11 is 0. The standard InChI is InChI=1S/C14H18N2O2/c17-14(18)12-9-11-4-5-13(12)16(11)8-6-10-3-1-2-7-15-10/h1-3,7,11-13H,4-6,8-9H2,(H,17,18). The predicted octanol–water partition coefficient (Wildman–Crippen LogP) is 1.56. The summed E-state index contributed by atoms with van der Waals surface area (Å²) in [6, 6.07) is 6.70. The third kappa shape index (κ3) is 2.01. The molecule has 18 heavy (non-hydrogen) atoms. The highest BCUT2D eigenvalue weighted by molar-refractivity contribution is 5.71. The smallest absolute Gasteiger partial charge is 0.308 e. The fourth-order valence-corrected chi connectivity index (χ4v) is 3.50. The van der Waals surface area contributed by atoms with E-state index in [1.807, 2.05) is 24.4 Å². The number of hydrogen-bond acceptors (Lipinski definition) is 3. The predicted molar refractivity (Wildman–Crippen MR) is 67.2 cm³/mol. The molecule has 2 fully saturated rings. The van der Waals surface area contributed by atoms with Gasteiger partial charge in [-0.3, -0.25) is 14.7 Å². The Bertz CT molecular complexity index is 435. The number of rotatable bonds is 4. The fraction of sp³-hybridized carbons (Fsp3) is 0.571. The number of fused-ring (bicyclic) bond motifs is 2. The molecule has 3 atom stereocenters. The number of pyridine rings is 1. The zero-order valence-corrected chi connectivity index (χ0v) is 10.3. The minimum absolute atomic E-state index is 0.146. The molecule has 0 radical (unpaired) electrons. The van der Waals surface area contributed by atoms with Crippen molar-refractivity contribution in [2.24, 2.45) is 5.92 Å². The number of carboxylic acids is 1. The molecule has 2 aliphatic rings. The molecule has 4 heteroatoms. The SMILES string of the molecule is O=C(O)C1CC2CCC1N2CCc1ccccn1. The van der Waals surface area contributed by atoms with Gasteiger partial charge in [0.05, 0.1) is 5.92 Å². The fourth-order valence-electron chi connectivity index (χ4n) is 3.50. The van der Waals surface area contributed by atoms with Crippen LogP contribution in [0.4, 0.5) is 0 Å². The summed E-state index contributed by atoms with van der Waals surface area (Å²) in [4.78, 5) is 17.9. The molecule has 0 amide bonds. The third-order valence-electron chi connectivity index (χ3n) is 4.35. The van der Waals surface area contributed by atoms with Crippen molar-refractivity contribution >= 4 is 5.97 Å². The van der Waals surface area contributed by atoms with E-state index in [1.54, 1.807) is 0 Å². The molecule has 1 aromatic rings. The molecule has 2 aliphatic heterocycles. The van der Waals surface area contributed by atoms with Crippen LogP contribution in [-0.2, 0) is 11.2 Å². The molecule has 1 N–H and O–H groups in total. The number of nitrogens with zero attached hydrogens (tertiary/aromatic N) is 2. The molecule has 96 valence electrons. The minimum Gasteiger partial charge on any atom is -0.481 e. The lowest BCUT2D eigenvalue weighted by Gasteiger charge is -2.22. The van der Waals surface area contributed by atoms with Crippen molar-refractivity contribution in [1.82, 2.24) is 9.88 Å². The number of aromatic nitrogens is 1. The Morgan fingerprint density at radius 3 is 3.00 bits per heavy atom. The highest BCUT2D eigenvalue weighted by Crippen LogP contribution is 2.41. The van der Waals surface area contributed by atoms with Gasteiger partial charge in [-0.15, -0.1) is 0 Å². The van der Waals surface area contributed by atoms with Crippen LogP contribution in [0.1, 0.15) is 25.0 Å². The molecule has 4 nitrogen and oxygen atoms in total. The molecule has 2 bridgehead atoms. The zero-order chi connectivity index (χ0) is 12.5. The number of aliphatic carboxylic acids is 1. The van der Waals surface area contributed by atoms with Crippen molar-refractivity contribution < 1.29 is 9.90 Å². The second kappa shape index (κ2) is 4.69. The van der Waals surface area contributed by atoms with Crippen LogP contribution in [0.25, 0.3) is 0 Å². The van der Waals surface area contributed by atoms with E-state index in [2.05, 4.69) is 9.88 Å². The number of hydrogen-bond donors (Lipinski definition) is 1. The van der Waals surface area contributed by atoms with Gasteiger partial charge in [0.2, 0.25) is 0 Å². The molecule has 0 aliphatic carbocycles. The van der Waals surface area contributed by atoms with Gasteiger partial charge in [-0.2, -0.15) is 0 Å². The van der Waals surface area contributed by atoms with Crippen LogP contribution in [0.5, 0.6) is 0 Å². The summed E-state index contributed by atoms with van der Waals surface area (Å²) in [6.45, 7) is 0.941. The van der Waals surface area contributed by atoms with Crippen LogP contribution in [-0.4, -0.2) is 39.6 Å². The highest BCUT2D eigenvalue weighted by Gasteiger charge is 2.48. The molecular weight excluding hydrogens is 228 g/mol. The summed E-state index contributed by atoms with van der Waals surface area (Å²) in [7, 11) is 0. The molecular formula is C14H18N2O2. The van der Waals surface area contributed by atoms with E-state index < -0.39 is 5.97 Å². The Morgan fingerprint density at radius 1 is 1.44 bits per heavy atom. The van der Waals surface area contributed by atoms with E-state index in [0.717, 1.165) is 37.9 Å². The van der Waals surface area contributed by atoms with E-state index in [-0.39, 0.29) is 12.0 Å². The molecule has 2 saturated heterocycles. The van der Waals surface area contributed by atoms with E-state index in [0.29, 0.717) is 6.04 Å². The van der Waals surface area contributed by atoms with Gasteiger partial charge in [-0.05, 0) is 31.4 Å². The molecule has 0 saturated carbocycles. The van der Waals surface area contributed by atoms with Gasteiger partial charge in [0.1, 0.15) is 0 Å². The van der Waals surface area contributed by atoms with Gasteiger partial charge in [-0.25, -0.2) is 0 Å². The highest BCUT2D eigenvalue weighted by atomic mass is 16.4. The zero-order valence-electron chi connectivity index (χ0n) is 10.3. The van der Waals surface area contributed by atoms with Crippen molar-refractivity contribution in [3.05, 3.63) is 30.1 Å². The number of carbonyl (C=O) groups is 1. The molecule has 3 heterocycles. The first kappa shape index (κ1) is 11.7. The Balaban J connectivity index is 1.63. The summed E-state index contributed by atoms with van der Waals surface area (Å²) < 4.78 is 0. The Morgan fingerprint density at radius 2 is 2.33 bits per heavy atom. The monoisotopic (exact) mass is 246 g/mol. The molecule has 1 aromatic heterocycles. The Labute approximate surface area is 107 Å². The van der Waals surface area contributed by atoms with Crippen molar-refractivity contribution in [3.63, 3.8) is 0 Å². The van der Waals surface area contributed by atoms with E-state index in [1.165, 1.54) is 0 Å². The minimum atomic E-state index is -0.620. The topological polar surface area (TPSA) is 53.4 Å². The normalized spacial score (nSPS) is 30.8. The maximum absolute atomic E-state index is 11.2. The van der Waals surface area contributed by atoms with Crippen LogP contribution in [0.3, 0.4) is 0 Å². The van der Waals surface area contributed by atoms with Crippen LogP contribution in [0, 0.1) is 5.92 Å². The summed E-state index contributed by atoms with van der Waals surface area (Å²) in [5, 5.41) is 9.20. The first-order valence-electron chi connectivity index (χ1n) is 6.64. The second-order valence-corrected chi connectivity index (χ2v) is 5.29. The lowest BCUT2D eigenvalue weighted by molar-refractivity contribution is -0.142. The molecule has 3 unspecified atom stereocenters. The van der Waals surface area contributed by atoms with Crippen LogP contribution in [0.2, 0.25) is 0 Å². The van der Waals surface area contributed by atoms with Gasteiger partial charge in [0, 0.05) is 36.9 Å².